The first-order chi connectivity index (χ1) is 14.5. The molecule has 0 saturated heterocycles. The van der Waals surface area contributed by atoms with Crippen LogP contribution in [-0.2, 0) is 0 Å². The first-order valence-electron chi connectivity index (χ1n) is 9.00. The van der Waals surface area contributed by atoms with Crippen LogP contribution in [0.1, 0.15) is 32.7 Å². The molecule has 0 aliphatic heterocycles. The van der Waals surface area contributed by atoms with Crippen molar-refractivity contribution >= 4 is 56.2 Å². The summed E-state index contributed by atoms with van der Waals surface area (Å²) in [4.78, 5) is 24.9. The molecule has 8 heteroatoms. The molecule has 2 heterocycles. The number of anilines is 1. The molecule has 0 spiro atoms. The van der Waals surface area contributed by atoms with Gasteiger partial charge in [0.25, 0.3) is 11.8 Å². The van der Waals surface area contributed by atoms with Gasteiger partial charge in [0.05, 0.1) is 17.0 Å². The summed E-state index contributed by atoms with van der Waals surface area (Å²) in [7, 11) is 0. The van der Waals surface area contributed by atoms with Crippen molar-refractivity contribution in [1.29, 1.82) is 0 Å². The predicted octanol–water partition coefficient (Wildman–Crippen LogP) is 5.55. The van der Waals surface area contributed by atoms with E-state index < -0.39 is 0 Å². The molecule has 0 aliphatic carbocycles. The van der Waals surface area contributed by atoms with Gasteiger partial charge < -0.3 is 9.73 Å². The molecule has 2 aromatic heterocycles. The average Bonchev–Trinajstić information content (AvgIpc) is 3.41. The van der Waals surface area contributed by atoms with Gasteiger partial charge in [-0.2, -0.15) is 5.10 Å². The van der Waals surface area contributed by atoms with Gasteiger partial charge in [-0.05, 0) is 42.8 Å². The van der Waals surface area contributed by atoms with Gasteiger partial charge in [-0.25, -0.2) is 5.43 Å². The molecule has 2 amide bonds. The third-order valence-corrected chi connectivity index (χ3v) is 6.05. The van der Waals surface area contributed by atoms with Crippen LogP contribution in [0.2, 0.25) is 5.02 Å². The minimum atomic E-state index is -0.358. The zero-order chi connectivity index (χ0) is 21.1. The van der Waals surface area contributed by atoms with Gasteiger partial charge in [0.15, 0.2) is 5.76 Å². The molecule has 0 bridgehead atoms. The topological polar surface area (TPSA) is 83.7 Å². The van der Waals surface area contributed by atoms with Crippen molar-refractivity contribution in [2.24, 2.45) is 5.10 Å². The molecule has 30 heavy (non-hydrogen) atoms. The number of amides is 2. The van der Waals surface area contributed by atoms with Crippen molar-refractivity contribution in [3.63, 3.8) is 0 Å². The minimum absolute atomic E-state index is 0.236. The summed E-state index contributed by atoms with van der Waals surface area (Å²) in [6.45, 7) is 1.78. The highest BCUT2D eigenvalue weighted by molar-refractivity contribution is 7.21. The van der Waals surface area contributed by atoms with E-state index in [4.69, 9.17) is 16.0 Å². The predicted molar refractivity (Wildman–Crippen MR) is 120 cm³/mol. The molecule has 6 nitrogen and oxygen atoms in total. The second-order valence-corrected chi connectivity index (χ2v) is 7.82. The van der Waals surface area contributed by atoms with Crippen LogP contribution in [0.15, 0.2) is 76.4 Å². The Morgan fingerprint density at radius 2 is 1.77 bits per heavy atom. The summed E-state index contributed by atoms with van der Waals surface area (Å²) in [5.41, 5.74) is 4.59. The zero-order valence-corrected chi connectivity index (χ0v) is 17.4. The number of fused-ring (bicyclic) bond motifs is 1. The highest BCUT2D eigenvalue weighted by Crippen LogP contribution is 2.34. The molecule has 150 valence electrons. The first-order valence-corrected chi connectivity index (χ1v) is 10.2. The Hall–Kier alpha value is -3.42. The van der Waals surface area contributed by atoms with Crippen LogP contribution >= 0.6 is 22.9 Å². The molecule has 4 rings (SSSR count). The van der Waals surface area contributed by atoms with E-state index in [1.165, 1.54) is 17.6 Å². The van der Waals surface area contributed by atoms with E-state index in [1.807, 2.05) is 24.3 Å². The molecule has 0 radical (unpaired) electrons. The van der Waals surface area contributed by atoms with E-state index in [0.29, 0.717) is 21.3 Å². The van der Waals surface area contributed by atoms with Crippen LogP contribution in [0.5, 0.6) is 0 Å². The van der Waals surface area contributed by atoms with Crippen LogP contribution in [0.3, 0.4) is 0 Å². The summed E-state index contributed by atoms with van der Waals surface area (Å²) in [6, 6.07) is 17.9. The second-order valence-electron chi connectivity index (χ2n) is 6.39. The number of nitrogens with zero attached hydrogens (tertiary/aromatic N) is 1. The molecule has 0 saturated carbocycles. The Balaban J connectivity index is 1.43. The monoisotopic (exact) mass is 437 g/mol. The fourth-order valence-corrected chi connectivity index (χ4v) is 4.21. The van der Waals surface area contributed by atoms with Gasteiger partial charge in [-0.3, -0.25) is 9.59 Å². The Morgan fingerprint density at radius 3 is 2.47 bits per heavy atom. The zero-order valence-electron chi connectivity index (χ0n) is 15.8. The third-order valence-electron chi connectivity index (χ3n) is 4.37. The number of carbonyl (C=O) groups excluding carboxylic acids is 2. The number of benzene rings is 2. The molecular weight excluding hydrogens is 422 g/mol. The maximum atomic E-state index is 12.5. The number of thiophene rings is 1. The number of nitrogens with one attached hydrogen (secondary N) is 2. The maximum Gasteiger partial charge on any atom is 0.291 e. The number of hydrogen-bond acceptors (Lipinski definition) is 5. The lowest BCUT2D eigenvalue weighted by atomic mass is 10.1. The van der Waals surface area contributed by atoms with Crippen LogP contribution in [0.25, 0.3) is 10.1 Å². The summed E-state index contributed by atoms with van der Waals surface area (Å²) in [5.74, 6) is -0.451. The minimum Gasteiger partial charge on any atom is -0.459 e. The Labute approximate surface area is 181 Å². The number of carbonyl (C=O) groups is 2. The van der Waals surface area contributed by atoms with Crippen molar-refractivity contribution in [2.45, 2.75) is 6.92 Å². The van der Waals surface area contributed by atoms with E-state index >= 15 is 0 Å². The van der Waals surface area contributed by atoms with Gasteiger partial charge in [0, 0.05) is 15.8 Å². The normalized spacial score (nSPS) is 11.5. The lowest BCUT2D eigenvalue weighted by Gasteiger charge is -2.06. The number of halogens is 1. The highest BCUT2D eigenvalue weighted by atomic mass is 35.5. The third kappa shape index (κ3) is 4.12. The summed E-state index contributed by atoms with van der Waals surface area (Å²) < 4.78 is 6.01. The van der Waals surface area contributed by atoms with Crippen LogP contribution < -0.4 is 10.7 Å². The van der Waals surface area contributed by atoms with Crippen molar-refractivity contribution in [3.05, 3.63) is 88.2 Å². The van der Waals surface area contributed by atoms with E-state index in [-0.39, 0.29) is 17.6 Å². The standard InChI is InChI=1S/C22H16ClN3O3S/c1-13(14-8-10-15(11-9-14)24-21(27)17-6-4-12-29-17)25-26-22(28)20-19(23)16-5-2-3-7-18(16)30-20/h2-12H,1H3,(H,24,27)(H,26,28)/b25-13+. The maximum absolute atomic E-state index is 12.5. The molecule has 0 aliphatic rings. The Bertz CT molecular complexity index is 1240. The Morgan fingerprint density at radius 1 is 1.00 bits per heavy atom. The number of rotatable bonds is 5. The SMILES string of the molecule is C/C(=N\NC(=O)c1sc2ccccc2c1Cl)c1ccc(NC(=O)c2ccco2)cc1. The van der Waals surface area contributed by atoms with Crippen molar-refractivity contribution in [1.82, 2.24) is 5.43 Å². The fraction of sp³-hybridized carbons (Fsp3) is 0.0455. The smallest absolute Gasteiger partial charge is 0.291 e. The van der Waals surface area contributed by atoms with Crippen LogP contribution in [0, 0.1) is 0 Å². The number of hydrogen-bond donors (Lipinski definition) is 2. The quantitative estimate of drug-likeness (QED) is 0.317. The molecule has 4 aromatic rings. The van der Waals surface area contributed by atoms with Gasteiger partial charge in [0.1, 0.15) is 4.88 Å². The average molecular weight is 438 g/mol. The lowest BCUT2D eigenvalue weighted by Crippen LogP contribution is -2.18. The van der Waals surface area contributed by atoms with Crippen LogP contribution in [0.4, 0.5) is 5.69 Å². The van der Waals surface area contributed by atoms with Crippen LogP contribution in [-0.4, -0.2) is 17.5 Å². The van der Waals surface area contributed by atoms with Crippen molar-refractivity contribution in [3.8, 4) is 0 Å². The van der Waals surface area contributed by atoms with E-state index in [2.05, 4.69) is 15.8 Å². The summed E-state index contributed by atoms with van der Waals surface area (Å²) in [5, 5.41) is 8.20. The molecule has 2 aromatic carbocycles. The van der Waals surface area contributed by atoms with Crippen molar-refractivity contribution < 1.29 is 14.0 Å². The fourth-order valence-electron chi connectivity index (χ4n) is 2.81. The van der Waals surface area contributed by atoms with E-state index in [9.17, 15) is 9.59 Å². The van der Waals surface area contributed by atoms with E-state index in [0.717, 1.165) is 15.6 Å². The first kappa shape index (κ1) is 19.9. The number of hydrazone groups is 1. The molecular formula is C22H16ClN3O3S. The van der Waals surface area contributed by atoms with Gasteiger partial charge >= 0.3 is 0 Å². The van der Waals surface area contributed by atoms with Gasteiger partial charge in [0.2, 0.25) is 0 Å². The van der Waals surface area contributed by atoms with E-state index in [1.54, 1.807) is 43.3 Å². The summed E-state index contributed by atoms with van der Waals surface area (Å²) in [6.07, 6.45) is 1.44. The second kappa shape index (κ2) is 8.52. The summed E-state index contributed by atoms with van der Waals surface area (Å²) >= 11 is 7.66. The highest BCUT2D eigenvalue weighted by Gasteiger charge is 2.16. The molecule has 0 unspecified atom stereocenters. The molecule has 0 fully saturated rings. The largest absolute Gasteiger partial charge is 0.459 e. The lowest BCUT2D eigenvalue weighted by molar-refractivity contribution is 0.0957. The number of furan rings is 1. The van der Waals surface area contributed by atoms with Crippen molar-refractivity contribution in [2.75, 3.05) is 5.32 Å². The molecule has 2 N–H and O–H groups in total. The van der Waals surface area contributed by atoms with Gasteiger partial charge in [-0.1, -0.05) is 41.9 Å². The van der Waals surface area contributed by atoms with Gasteiger partial charge in [-0.15, -0.1) is 11.3 Å². The Kier molecular flexibility index (Phi) is 5.65. The molecule has 0 atom stereocenters.